The van der Waals surface area contributed by atoms with E-state index in [4.69, 9.17) is 48.0 Å². The molecule has 0 heterocycles. The summed E-state index contributed by atoms with van der Waals surface area (Å²) in [7, 11) is 0. The Bertz CT molecular complexity index is 3620. The molecule has 0 aliphatic heterocycles. The van der Waals surface area contributed by atoms with Crippen molar-refractivity contribution >= 4 is 35.8 Å². The highest BCUT2D eigenvalue weighted by Gasteiger charge is 2.57. The molecule has 2 aliphatic rings. The quantitative estimate of drug-likeness (QED) is 0.0175. The van der Waals surface area contributed by atoms with Crippen molar-refractivity contribution in [1.29, 1.82) is 0 Å². The predicted octanol–water partition coefficient (Wildman–Crippen LogP) is 11.7. The summed E-state index contributed by atoms with van der Waals surface area (Å²) in [6.45, 7) is 20.0. The number of halogens is 4. The Hall–Kier alpha value is -9.66. The van der Waals surface area contributed by atoms with Gasteiger partial charge in [0.1, 0.15) is 59.5 Å². The van der Waals surface area contributed by atoms with E-state index in [1.165, 1.54) is 36.4 Å². The van der Waals surface area contributed by atoms with E-state index in [9.17, 15) is 28.8 Å². The number of esters is 6. The molecule has 1 spiro atoms. The Morgan fingerprint density at radius 2 is 0.728 bits per heavy atom. The molecule has 81 heavy (non-hydrogen) atoms. The monoisotopic (exact) mass is 1110 g/mol. The molecule has 8 rings (SSSR count). The summed E-state index contributed by atoms with van der Waals surface area (Å²) in [6.07, 6.45) is 4.22. The average molecular weight is 1110 g/mol. The molecule has 0 amide bonds. The van der Waals surface area contributed by atoms with Crippen LogP contribution < -0.4 is 38.2 Å². The Balaban J connectivity index is 1.20. The minimum atomic E-state index is -1.28. The van der Waals surface area contributed by atoms with Crippen molar-refractivity contribution < 1.29 is 94.3 Å². The lowest BCUT2D eigenvalue weighted by Gasteiger charge is -2.30. The van der Waals surface area contributed by atoms with Gasteiger partial charge in [0, 0.05) is 65.1 Å². The van der Waals surface area contributed by atoms with Crippen LogP contribution in [0.1, 0.15) is 94.6 Å². The van der Waals surface area contributed by atoms with Crippen LogP contribution in [0.4, 0.5) is 17.6 Å². The zero-order valence-electron chi connectivity index (χ0n) is 43.7. The zero-order valence-corrected chi connectivity index (χ0v) is 43.7. The van der Waals surface area contributed by atoms with Gasteiger partial charge in [0.05, 0.1) is 11.1 Å². The smallest absolute Gasteiger partial charge is 0.346 e. The lowest BCUT2D eigenvalue weighted by molar-refractivity contribution is -0.239. The number of carbonyl (C=O) groups is 6. The van der Waals surface area contributed by atoms with E-state index < -0.39 is 105 Å². The zero-order chi connectivity index (χ0) is 58.6. The normalized spacial score (nSPS) is 15.0. The molecule has 6 aromatic carbocycles. The van der Waals surface area contributed by atoms with E-state index in [-0.39, 0.29) is 51.4 Å². The molecule has 0 fully saturated rings. The Morgan fingerprint density at radius 1 is 0.420 bits per heavy atom. The molecule has 0 aromatic heterocycles. The number of rotatable bonds is 20. The Morgan fingerprint density at radius 3 is 1.06 bits per heavy atom. The van der Waals surface area contributed by atoms with Crippen LogP contribution in [0.25, 0.3) is 0 Å². The number of hydrogen-bond acceptors (Lipinski definition) is 16. The minimum absolute atomic E-state index is 0.0000345. The van der Waals surface area contributed by atoms with Gasteiger partial charge in [-0.3, -0.25) is 0 Å². The topological polar surface area (TPSA) is 195 Å². The summed E-state index contributed by atoms with van der Waals surface area (Å²) >= 11 is 0. The highest BCUT2D eigenvalue weighted by molar-refractivity contribution is 5.94. The van der Waals surface area contributed by atoms with Gasteiger partial charge in [-0.15, -0.1) is 0 Å². The second kappa shape index (κ2) is 23.4. The van der Waals surface area contributed by atoms with Crippen LogP contribution in [-0.2, 0) is 58.4 Å². The van der Waals surface area contributed by atoms with Crippen LogP contribution in [0.2, 0.25) is 0 Å². The molecule has 16 nitrogen and oxygen atoms in total. The molecule has 0 saturated heterocycles. The molecule has 20 heteroatoms. The maximum Gasteiger partial charge on any atom is 0.346 e. The van der Waals surface area contributed by atoms with Crippen molar-refractivity contribution in [3.8, 4) is 46.0 Å². The number of ether oxygens (including phenoxy) is 6. The van der Waals surface area contributed by atoms with Crippen molar-refractivity contribution in [2.24, 2.45) is 0 Å². The van der Waals surface area contributed by atoms with Crippen LogP contribution in [0.5, 0.6) is 46.0 Å². The summed E-state index contributed by atoms with van der Waals surface area (Å²) in [5.74, 6) is -11.5. The van der Waals surface area contributed by atoms with Crippen molar-refractivity contribution in [2.45, 2.75) is 70.0 Å². The van der Waals surface area contributed by atoms with Crippen molar-refractivity contribution in [3.05, 3.63) is 215 Å². The summed E-state index contributed by atoms with van der Waals surface area (Å²) in [5.41, 5.74) is -1.39. The average Bonchev–Trinajstić information content (AvgIpc) is 2.16. The van der Waals surface area contributed by atoms with Crippen molar-refractivity contribution in [3.63, 3.8) is 0 Å². The van der Waals surface area contributed by atoms with Crippen molar-refractivity contribution in [2.75, 3.05) is 0 Å². The first kappa shape index (κ1) is 57.5. The molecule has 1 unspecified atom stereocenters. The molecule has 1 atom stereocenters. The number of benzene rings is 6. The fourth-order valence-electron chi connectivity index (χ4n) is 9.73. The fourth-order valence-corrected chi connectivity index (χ4v) is 9.73. The van der Waals surface area contributed by atoms with Gasteiger partial charge in [-0.1, -0.05) is 54.0 Å². The molecule has 6 aromatic rings. The largest absolute Gasteiger partial charge is 0.423 e. The van der Waals surface area contributed by atoms with Gasteiger partial charge in [0.15, 0.2) is 11.5 Å². The van der Waals surface area contributed by atoms with Gasteiger partial charge in [0.2, 0.25) is 11.5 Å². The third-order valence-corrected chi connectivity index (χ3v) is 13.2. The van der Waals surface area contributed by atoms with Gasteiger partial charge in [0.25, 0.3) is 0 Å². The highest BCUT2D eigenvalue weighted by atomic mass is 19.1. The lowest BCUT2D eigenvalue weighted by atomic mass is 9.72. The van der Waals surface area contributed by atoms with Crippen LogP contribution >= 0.6 is 0 Å². The first-order valence-corrected chi connectivity index (χ1v) is 24.4. The molecule has 0 bridgehead atoms. The molecular formula is C61H48F4O16. The Labute approximate surface area is 460 Å². The molecular weight excluding hydrogens is 1060 g/mol. The molecule has 416 valence electrons. The maximum absolute atomic E-state index is 15.7. The minimum Gasteiger partial charge on any atom is -0.423 e. The number of fused-ring (bicyclic) bond motifs is 4. The summed E-state index contributed by atoms with van der Waals surface area (Å²) in [4.78, 5) is 98.0. The van der Waals surface area contributed by atoms with Gasteiger partial charge in [-0.2, -0.15) is 9.78 Å². The van der Waals surface area contributed by atoms with E-state index in [1.54, 1.807) is 12.1 Å². The molecule has 0 N–H and O–H groups in total. The summed E-state index contributed by atoms with van der Waals surface area (Å²) < 4.78 is 93.5. The second-order valence-electron chi connectivity index (χ2n) is 19.7. The van der Waals surface area contributed by atoms with Gasteiger partial charge in [-0.05, 0) is 119 Å². The summed E-state index contributed by atoms with van der Waals surface area (Å²) in [5, 5.41) is 0. The van der Waals surface area contributed by atoms with E-state index >= 15 is 17.6 Å². The van der Waals surface area contributed by atoms with Crippen LogP contribution in [0.15, 0.2) is 148 Å². The lowest BCUT2D eigenvalue weighted by Crippen LogP contribution is -2.27. The predicted molar refractivity (Wildman–Crippen MR) is 279 cm³/mol. The van der Waals surface area contributed by atoms with Gasteiger partial charge < -0.3 is 38.2 Å². The third kappa shape index (κ3) is 12.5. The van der Waals surface area contributed by atoms with E-state index in [0.717, 1.165) is 72.8 Å². The number of hydrogen-bond donors (Lipinski definition) is 0. The third-order valence-electron chi connectivity index (χ3n) is 13.2. The Kier molecular flexibility index (Phi) is 16.6. The summed E-state index contributed by atoms with van der Waals surface area (Å²) in [6, 6.07) is 19.2. The molecule has 0 radical (unpaired) electrons. The first-order valence-electron chi connectivity index (χ1n) is 24.4. The van der Waals surface area contributed by atoms with E-state index in [2.05, 4.69) is 26.3 Å². The highest BCUT2D eigenvalue weighted by Crippen LogP contribution is 2.65. The van der Waals surface area contributed by atoms with Crippen LogP contribution in [0, 0.1) is 23.3 Å². The van der Waals surface area contributed by atoms with Gasteiger partial charge >= 0.3 is 35.8 Å². The molecule has 2 aliphatic carbocycles. The van der Waals surface area contributed by atoms with Gasteiger partial charge in [-0.25, -0.2) is 46.3 Å². The maximum atomic E-state index is 15.7. The second-order valence-corrected chi connectivity index (χ2v) is 19.7. The van der Waals surface area contributed by atoms with Crippen LogP contribution in [0.3, 0.4) is 0 Å². The standard InChI is InChI=1S/C61H48F4O16/c1-9-53(66)74-35-15-13-33(45(62)21-35)29-72-80-51-26-42-44(28-52(51)81-73-30-34-14-16-36(22-46(34)63)75-54(67)10-2)61(32-60(42,7)8)31-59(5,6)41-25-49(78-57(70)39-19-17-37(23-47(39)64)76-55(68)11-3)50(27-43(41)61)79-58(71)40-20-18-38(24-48(40)65)77-56(69)12-4/h9-28H,1-4,29-32H2,5-8H3. The van der Waals surface area contributed by atoms with E-state index in [0.29, 0.717) is 35.1 Å². The van der Waals surface area contributed by atoms with Crippen LogP contribution in [-0.4, -0.2) is 35.8 Å². The van der Waals surface area contributed by atoms with Crippen molar-refractivity contribution in [1.82, 2.24) is 0 Å². The molecule has 0 saturated carbocycles. The number of carbonyl (C=O) groups excluding carboxylic acids is 6. The van der Waals surface area contributed by atoms with E-state index in [1.807, 2.05) is 27.7 Å². The first-order chi connectivity index (χ1) is 38.5. The fraction of sp³-hybridized carbons (Fsp3) is 0.180. The SMILES string of the molecule is C=CC(=O)Oc1ccc(COOc2cc3c(cc2OOCc2ccc(OC(=O)C=C)cc2F)C2(CC3(C)C)CC(C)(C)c3cc(OC(=O)c4ccc(OC(=O)C=C)cc4F)c(OC(=O)c4ccc(OC(=O)C=C)cc4F)cc32)c(F)c1.